The molecule has 0 saturated carbocycles. The Morgan fingerprint density at radius 3 is 2.75 bits per heavy atom. The molecular formula is C15H20BrFN2O. The Balaban J connectivity index is 1.87. The van der Waals surface area contributed by atoms with E-state index in [9.17, 15) is 9.18 Å². The average Bonchev–Trinajstić information content (AvgIpc) is 2.45. The van der Waals surface area contributed by atoms with Crippen LogP contribution in [0.1, 0.15) is 37.8 Å². The summed E-state index contributed by atoms with van der Waals surface area (Å²) in [7, 11) is 0. The normalized spacial score (nSPS) is 17.1. The molecule has 0 spiro atoms. The maximum Gasteiger partial charge on any atom is 0.236 e. The number of amides is 1. The van der Waals surface area contributed by atoms with Crippen molar-refractivity contribution < 1.29 is 9.18 Å². The number of hydrogen-bond donors (Lipinski definition) is 1. The second-order valence-corrected chi connectivity index (χ2v) is 6.06. The highest BCUT2D eigenvalue weighted by Gasteiger charge is 2.17. The van der Waals surface area contributed by atoms with Crippen molar-refractivity contribution in [2.45, 2.75) is 32.2 Å². The van der Waals surface area contributed by atoms with Crippen LogP contribution in [-0.2, 0) is 4.79 Å². The minimum Gasteiger partial charge on any atom is -0.342 e. The lowest BCUT2D eigenvalue weighted by molar-refractivity contribution is -0.131. The number of likely N-dealkylation sites (tertiary alicyclic amines) is 1. The standard InChI is InChI=1S/C15H20BrFN2O/c1-11(13-6-5-12(17)9-14(13)16)18-10-15(20)19-7-3-2-4-8-19/h5-6,9,11,18H,2-4,7-8,10H2,1H3. The van der Waals surface area contributed by atoms with Gasteiger partial charge < -0.3 is 10.2 Å². The van der Waals surface area contributed by atoms with Crippen LogP contribution in [0.25, 0.3) is 0 Å². The zero-order valence-electron chi connectivity index (χ0n) is 11.7. The monoisotopic (exact) mass is 342 g/mol. The highest BCUT2D eigenvalue weighted by Crippen LogP contribution is 2.24. The van der Waals surface area contributed by atoms with Crippen LogP contribution >= 0.6 is 15.9 Å². The Morgan fingerprint density at radius 1 is 1.40 bits per heavy atom. The summed E-state index contributed by atoms with van der Waals surface area (Å²) in [6.45, 7) is 4.04. The second-order valence-electron chi connectivity index (χ2n) is 5.21. The van der Waals surface area contributed by atoms with Crippen molar-refractivity contribution in [3.05, 3.63) is 34.1 Å². The van der Waals surface area contributed by atoms with Gasteiger partial charge in [-0.2, -0.15) is 0 Å². The Labute approximate surface area is 127 Å². The van der Waals surface area contributed by atoms with Crippen LogP contribution in [0.3, 0.4) is 0 Å². The first-order valence-electron chi connectivity index (χ1n) is 7.04. The first-order valence-corrected chi connectivity index (χ1v) is 7.83. The first kappa shape index (κ1) is 15.4. The van der Waals surface area contributed by atoms with E-state index in [4.69, 9.17) is 0 Å². The van der Waals surface area contributed by atoms with Crippen LogP contribution in [0.15, 0.2) is 22.7 Å². The van der Waals surface area contributed by atoms with E-state index in [0.717, 1.165) is 36.0 Å². The summed E-state index contributed by atoms with van der Waals surface area (Å²) in [5.74, 6) is -0.119. The van der Waals surface area contributed by atoms with Gasteiger partial charge in [-0.05, 0) is 43.9 Å². The Morgan fingerprint density at radius 2 is 2.10 bits per heavy atom. The highest BCUT2D eigenvalue weighted by atomic mass is 79.9. The molecule has 1 N–H and O–H groups in total. The van der Waals surface area contributed by atoms with Gasteiger partial charge in [0.25, 0.3) is 0 Å². The Hall–Kier alpha value is -0.940. The molecule has 20 heavy (non-hydrogen) atoms. The molecule has 1 unspecified atom stereocenters. The zero-order chi connectivity index (χ0) is 14.5. The maximum absolute atomic E-state index is 13.1. The molecule has 2 rings (SSSR count). The van der Waals surface area contributed by atoms with Gasteiger partial charge in [0.1, 0.15) is 5.82 Å². The lowest BCUT2D eigenvalue weighted by Crippen LogP contribution is -2.41. The molecule has 0 radical (unpaired) electrons. The van der Waals surface area contributed by atoms with E-state index in [1.807, 2.05) is 11.8 Å². The van der Waals surface area contributed by atoms with Crippen LogP contribution in [0.5, 0.6) is 0 Å². The third-order valence-corrected chi connectivity index (χ3v) is 4.38. The van der Waals surface area contributed by atoms with E-state index in [-0.39, 0.29) is 17.8 Å². The number of halogens is 2. The number of benzene rings is 1. The number of rotatable bonds is 4. The third kappa shape index (κ3) is 4.03. The topological polar surface area (TPSA) is 32.3 Å². The van der Waals surface area contributed by atoms with Crippen molar-refractivity contribution in [1.29, 1.82) is 0 Å². The first-order chi connectivity index (χ1) is 9.58. The van der Waals surface area contributed by atoms with Crippen molar-refractivity contribution in [3.63, 3.8) is 0 Å². The minimum absolute atomic E-state index is 0.00119. The average molecular weight is 343 g/mol. The van der Waals surface area contributed by atoms with E-state index < -0.39 is 0 Å². The molecular weight excluding hydrogens is 323 g/mol. The summed E-state index contributed by atoms with van der Waals surface area (Å²) < 4.78 is 13.8. The molecule has 1 aromatic rings. The second kappa shape index (κ2) is 7.18. The molecule has 0 aliphatic carbocycles. The smallest absolute Gasteiger partial charge is 0.236 e. The maximum atomic E-state index is 13.1. The van der Waals surface area contributed by atoms with Crippen molar-refractivity contribution >= 4 is 21.8 Å². The van der Waals surface area contributed by atoms with Gasteiger partial charge in [-0.15, -0.1) is 0 Å². The predicted molar refractivity (Wildman–Crippen MR) is 80.9 cm³/mol. The quantitative estimate of drug-likeness (QED) is 0.910. The molecule has 3 nitrogen and oxygen atoms in total. The molecule has 1 amide bonds. The third-order valence-electron chi connectivity index (χ3n) is 3.70. The lowest BCUT2D eigenvalue weighted by Gasteiger charge is -2.27. The van der Waals surface area contributed by atoms with Gasteiger partial charge in [0.05, 0.1) is 6.54 Å². The summed E-state index contributed by atoms with van der Waals surface area (Å²) in [4.78, 5) is 14.0. The van der Waals surface area contributed by atoms with Gasteiger partial charge >= 0.3 is 0 Å². The van der Waals surface area contributed by atoms with Crippen LogP contribution in [0.4, 0.5) is 4.39 Å². The fraction of sp³-hybridized carbons (Fsp3) is 0.533. The molecule has 1 aliphatic rings. The van der Waals surface area contributed by atoms with E-state index in [2.05, 4.69) is 21.2 Å². The van der Waals surface area contributed by atoms with E-state index in [0.29, 0.717) is 6.54 Å². The number of carbonyl (C=O) groups is 1. The zero-order valence-corrected chi connectivity index (χ0v) is 13.2. The van der Waals surface area contributed by atoms with Crippen molar-refractivity contribution in [2.75, 3.05) is 19.6 Å². The molecule has 1 atom stereocenters. The Kier molecular flexibility index (Phi) is 5.54. The summed E-state index contributed by atoms with van der Waals surface area (Å²) in [6, 6.07) is 4.62. The largest absolute Gasteiger partial charge is 0.342 e. The van der Waals surface area contributed by atoms with Gasteiger partial charge in [-0.1, -0.05) is 22.0 Å². The van der Waals surface area contributed by atoms with Crippen molar-refractivity contribution in [1.82, 2.24) is 10.2 Å². The highest BCUT2D eigenvalue weighted by molar-refractivity contribution is 9.10. The molecule has 1 fully saturated rings. The number of nitrogens with one attached hydrogen (secondary N) is 1. The molecule has 5 heteroatoms. The molecule has 1 aliphatic heterocycles. The van der Waals surface area contributed by atoms with Crippen LogP contribution < -0.4 is 5.32 Å². The molecule has 0 bridgehead atoms. The van der Waals surface area contributed by atoms with E-state index >= 15 is 0 Å². The molecule has 0 aromatic heterocycles. The summed E-state index contributed by atoms with van der Waals surface area (Å²) >= 11 is 3.36. The molecule has 1 heterocycles. The van der Waals surface area contributed by atoms with Gasteiger partial charge in [0.2, 0.25) is 5.91 Å². The number of nitrogens with zero attached hydrogens (tertiary/aromatic N) is 1. The van der Waals surface area contributed by atoms with Gasteiger partial charge in [-0.25, -0.2) is 4.39 Å². The predicted octanol–water partition coefficient (Wildman–Crippen LogP) is 3.25. The summed E-state index contributed by atoms with van der Waals surface area (Å²) in [5, 5.41) is 3.21. The molecule has 1 saturated heterocycles. The van der Waals surface area contributed by atoms with Crippen LogP contribution in [0.2, 0.25) is 0 Å². The minimum atomic E-state index is -0.266. The fourth-order valence-electron chi connectivity index (χ4n) is 2.46. The molecule has 1 aromatic carbocycles. The van der Waals surface area contributed by atoms with Gasteiger partial charge in [0.15, 0.2) is 0 Å². The van der Waals surface area contributed by atoms with Crippen molar-refractivity contribution in [2.24, 2.45) is 0 Å². The summed E-state index contributed by atoms with van der Waals surface area (Å²) in [5.41, 5.74) is 0.956. The van der Waals surface area contributed by atoms with Crippen LogP contribution in [-0.4, -0.2) is 30.4 Å². The van der Waals surface area contributed by atoms with Gasteiger partial charge in [-0.3, -0.25) is 4.79 Å². The number of piperidine rings is 1. The fourth-order valence-corrected chi connectivity index (χ4v) is 3.15. The molecule has 110 valence electrons. The number of carbonyl (C=O) groups excluding carboxylic acids is 1. The lowest BCUT2D eigenvalue weighted by atomic mass is 10.1. The van der Waals surface area contributed by atoms with Gasteiger partial charge in [0, 0.05) is 23.6 Å². The van der Waals surface area contributed by atoms with Crippen LogP contribution in [0, 0.1) is 5.82 Å². The van der Waals surface area contributed by atoms with Crippen molar-refractivity contribution in [3.8, 4) is 0 Å². The SMILES string of the molecule is CC(NCC(=O)N1CCCCC1)c1ccc(F)cc1Br. The Bertz CT molecular complexity index is 475. The van der Waals surface area contributed by atoms with E-state index in [1.54, 1.807) is 6.07 Å². The number of hydrogen-bond acceptors (Lipinski definition) is 2. The summed E-state index contributed by atoms with van der Waals surface area (Å²) in [6.07, 6.45) is 3.42. The van der Waals surface area contributed by atoms with E-state index in [1.165, 1.54) is 18.6 Å².